The molecule has 0 radical (unpaired) electrons. The van der Waals surface area contributed by atoms with Crippen LogP contribution in [0, 0.1) is 0 Å². The summed E-state index contributed by atoms with van der Waals surface area (Å²) in [4.78, 5) is 28.8. The number of ether oxygens (including phenoxy) is 3. The van der Waals surface area contributed by atoms with Crippen molar-refractivity contribution in [3.05, 3.63) is 48.0 Å². The van der Waals surface area contributed by atoms with E-state index < -0.39 is 28.5 Å². The molecular formula is C23H27N3O7S. The van der Waals surface area contributed by atoms with Gasteiger partial charge in [-0.1, -0.05) is 12.5 Å². The topological polar surface area (TPSA) is 132 Å². The van der Waals surface area contributed by atoms with Crippen molar-refractivity contribution in [1.82, 2.24) is 4.72 Å². The number of benzene rings is 2. The first kappa shape index (κ1) is 25.0. The SMILES string of the molecule is COc1ccc(C(=O)OCC(=O)Nc2cccc(S(=O)(=O)NC3=NCCCCC3)c2)cc1OC. The van der Waals surface area contributed by atoms with Crippen LogP contribution in [0.25, 0.3) is 0 Å². The normalized spacial score (nSPS) is 13.8. The Bertz CT molecular complexity index is 1180. The third kappa shape index (κ3) is 6.70. The first-order chi connectivity index (χ1) is 16.3. The monoisotopic (exact) mass is 489 g/mol. The second-order valence-corrected chi connectivity index (χ2v) is 9.15. The number of hydrogen-bond acceptors (Lipinski definition) is 8. The Balaban J connectivity index is 1.59. The molecule has 0 atom stereocenters. The number of amides is 1. The molecule has 0 aliphatic carbocycles. The Morgan fingerprint density at radius 2 is 1.79 bits per heavy atom. The van der Waals surface area contributed by atoms with E-state index in [1.807, 2.05) is 0 Å². The number of anilines is 1. The van der Waals surface area contributed by atoms with Crippen molar-refractivity contribution in [3.8, 4) is 11.5 Å². The summed E-state index contributed by atoms with van der Waals surface area (Å²) in [5.74, 6) is -0.102. The third-order valence-electron chi connectivity index (χ3n) is 5.01. The molecule has 0 saturated carbocycles. The summed E-state index contributed by atoms with van der Waals surface area (Å²) in [5.41, 5.74) is 0.434. The summed E-state index contributed by atoms with van der Waals surface area (Å²) in [6.07, 6.45) is 3.39. The highest BCUT2D eigenvalue weighted by Crippen LogP contribution is 2.27. The fourth-order valence-electron chi connectivity index (χ4n) is 3.29. The van der Waals surface area contributed by atoms with Crippen molar-refractivity contribution in [3.63, 3.8) is 0 Å². The molecule has 182 valence electrons. The maximum atomic E-state index is 12.7. The molecule has 0 aromatic heterocycles. The van der Waals surface area contributed by atoms with E-state index in [0.717, 1.165) is 19.3 Å². The molecule has 0 fully saturated rings. The zero-order valence-electron chi connectivity index (χ0n) is 19.0. The van der Waals surface area contributed by atoms with Gasteiger partial charge < -0.3 is 19.5 Å². The number of rotatable bonds is 8. The lowest BCUT2D eigenvalue weighted by Crippen LogP contribution is -2.30. The van der Waals surface area contributed by atoms with Gasteiger partial charge in [0.1, 0.15) is 5.84 Å². The molecule has 11 heteroatoms. The molecule has 1 aliphatic heterocycles. The molecule has 2 aromatic carbocycles. The average molecular weight is 490 g/mol. The van der Waals surface area contributed by atoms with E-state index in [-0.39, 0.29) is 16.1 Å². The third-order valence-corrected chi connectivity index (χ3v) is 6.39. The van der Waals surface area contributed by atoms with Crippen molar-refractivity contribution >= 4 is 33.4 Å². The van der Waals surface area contributed by atoms with Crippen LogP contribution in [0.5, 0.6) is 11.5 Å². The fraction of sp³-hybridized carbons (Fsp3) is 0.348. The van der Waals surface area contributed by atoms with Crippen LogP contribution in [-0.4, -0.2) is 53.5 Å². The highest BCUT2D eigenvalue weighted by atomic mass is 32.2. The second-order valence-electron chi connectivity index (χ2n) is 7.47. The number of aliphatic imine (C=N–C) groups is 1. The van der Waals surface area contributed by atoms with Gasteiger partial charge >= 0.3 is 5.97 Å². The highest BCUT2D eigenvalue weighted by molar-refractivity contribution is 7.90. The number of nitrogens with one attached hydrogen (secondary N) is 2. The molecule has 2 aromatic rings. The van der Waals surface area contributed by atoms with E-state index in [1.165, 1.54) is 50.6 Å². The Morgan fingerprint density at radius 3 is 2.56 bits per heavy atom. The summed E-state index contributed by atoms with van der Waals surface area (Å²) in [6, 6.07) is 10.3. The van der Waals surface area contributed by atoms with Gasteiger partial charge in [-0.3, -0.25) is 14.5 Å². The van der Waals surface area contributed by atoms with E-state index in [0.29, 0.717) is 30.3 Å². The largest absolute Gasteiger partial charge is 0.493 e. The van der Waals surface area contributed by atoms with Crippen molar-refractivity contribution < 1.29 is 32.2 Å². The van der Waals surface area contributed by atoms with Gasteiger partial charge in [0, 0.05) is 18.7 Å². The van der Waals surface area contributed by atoms with Crippen LogP contribution in [0.3, 0.4) is 0 Å². The van der Waals surface area contributed by atoms with Crippen LogP contribution in [0.1, 0.15) is 36.0 Å². The lowest BCUT2D eigenvalue weighted by Gasteiger charge is -2.12. The molecular weight excluding hydrogens is 462 g/mol. The van der Waals surface area contributed by atoms with Gasteiger partial charge in [0.2, 0.25) is 0 Å². The van der Waals surface area contributed by atoms with E-state index in [2.05, 4.69) is 15.0 Å². The standard InChI is InChI=1S/C23H27N3O7S/c1-31-19-11-10-16(13-20(19)32-2)23(28)33-15-22(27)25-17-7-6-8-18(14-17)34(29,30)26-21-9-4-3-5-12-24-21/h6-8,10-11,13-14H,3-5,9,12,15H2,1-2H3,(H,24,26)(H,25,27). The summed E-state index contributed by atoms with van der Waals surface area (Å²) in [5, 5.41) is 2.53. The summed E-state index contributed by atoms with van der Waals surface area (Å²) in [7, 11) is -0.935. The van der Waals surface area contributed by atoms with Gasteiger partial charge in [-0.25, -0.2) is 13.2 Å². The molecule has 2 N–H and O–H groups in total. The molecule has 0 unspecified atom stereocenters. The average Bonchev–Trinajstić information content (AvgIpc) is 3.10. The molecule has 3 rings (SSSR count). The number of nitrogens with zero attached hydrogens (tertiary/aromatic N) is 1. The zero-order valence-corrected chi connectivity index (χ0v) is 19.8. The number of amidine groups is 1. The van der Waals surface area contributed by atoms with E-state index in [9.17, 15) is 18.0 Å². The smallest absolute Gasteiger partial charge is 0.338 e. The van der Waals surface area contributed by atoms with Crippen molar-refractivity contribution in [2.45, 2.75) is 30.6 Å². The van der Waals surface area contributed by atoms with Crippen molar-refractivity contribution in [2.75, 3.05) is 32.7 Å². The molecule has 1 amide bonds. The number of hydrogen-bond donors (Lipinski definition) is 2. The van der Waals surface area contributed by atoms with E-state index >= 15 is 0 Å². The predicted octanol–water partition coefficient (Wildman–Crippen LogP) is 2.75. The second kappa shape index (κ2) is 11.5. The minimum absolute atomic E-state index is 0.0143. The number of sulfonamides is 1. The fourth-order valence-corrected chi connectivity index (χ4v) is 4.42. The number of carbonyl (C=O) groups excluding carboxylic acids is 2. The molecule has 1 heterocycles. The Hall–Kier alpha value is -3.60. The van der Waals surface area contributed by atoms with E-state index in [1.54, 1.807) is 6.07 Å². The molecule has 0 spiro atoms. The lowest BCUT2D eigenvalue weighted by molar-refractivity contribution is -0.119. The van der Waals surface area contributed by atoms with Gasteiger partial charge in [0.05, 0.1) is 24.7 Å². The minimum Gasteiger partial charge on any atom is -0.493 e. The molecule has 0 bridgehead atoms. The van der Waals surface area contributed by atoms with Crippen LogP contribution >= 0.6 is 0 Å². The summed E-state index contributed by atoms with van der Waals surface area (Å²) < 4.78 is 43.3. The van der Waals surface area contributed by atoms with Crippen molar-refractivity contribution in [2.24, 2.45) is 4.99 Å². The van der Waals surface area contributed by atoms with Crippen LogP contribution in [-0.2, 0) is 19.6 Å². The Kier molecular flexibility index (Phi) is 8.47. The summed E-state index contributed by atoms with van der Waals surface area (Å²) in [6.45, 7) is 0.0369. The minimum atomic E-state index is -3.85. The van der Waals surface area contributed by atoms with Crippen LogP contribution < -0.4 is 19.5 Å². The summed E-state index contributed by atoms with van der Waals surface area (Å²) >= 11 is 0. The van der Waals surface area contributed by atoms with Gasteiger partial charge in [-0.2, -0.15) is 0 Å². The van der Waals surface area contributed by atoms with Crippen LogP contribution in [0.4, 0.5) is 5.69 Å². The van der Waals surface area contributed by atoms with Gasteiger partial charge in [-0.05, 0) is 49.2 Å². The van der Waals surface area contributed by atoms with Gasteiger partial charge in [0.25, 0.3) is 15.9 Å². The van der Waals surface area contributed by atoms with Gasteiger partial charge in [-0.15, -0.1) is 0 Å². The number of esters is 1. The van der Waals surface area contributed by atoms with E-state index in [4.69, 9.17) is 14.2 Å². The molecule has 0 saturated heterocycles. The quantitative estimate of drug-likeness (QED) is 0.545. The predicted molar refractivity (Wildman–Crippen MR) is 126 cm³/mol. The molecule has 10 nitrogen and oxygen atoms in total. The zero-order chi connectivity index (χ0) is 24.6. The Morgan fingerprint density at radius 1 is 1.00 bits per heavy atom. The first-order valence-electron chi connectivity index (χ1n) is 10.7. The molecule has 1 aliphatic rings. The first-order valence-corrected chi connectivity index (χ1v) is 12.2. The maximum absolute atomic E-state index is 12.7. The van der Waals surface area contributed by atoms with Crippen molar-refractivity contribution in [1.29, 1.82) is 0 Å². The maximum Gasteiger partial charge on any atom is 0.338 e. The lowest BCUT2D eigenvalue weighted by atomic mass is 10.2. The van der Waals surface area contributed by atoms with Crippen LogP contribution in [0.2, 0.25) is 0 Å². The number of carbonyl (C=O) groups is 2. The Labute approximate surface area is 198 Å². The highest BCUT2D eigenvalue weighted by Gasteiger charge is 2.19. The number of methoxy groups -OCH3 is 2. The van der Waals surface area contributed by atoms with Gasteiger partial charge in [0.15, 0.2) is 18.1 Å². The van der Waals surface area contributed by atoms with Crippen LogP contribution in [0.15, 0.2) is 52.4 Å². The molecule has 34 heavy (non-hydrogen) atoms.